The normalized spacial score (nSPS) is 10.6. The molecule has 0 bridgehead atoms. The summed E-state index contributed by atoms with van der Waals surface area (Å²) in [5, 5.41) is 4.18. The van der Waals surface area contributed by atoms with Crippen LogP contribution in [-0.4, -0.2) is 16.5 Å². The van der Waals surface area contributed by atoms with Crippen LogP contribution in [0.25, 0.3) is 0 Å². The number of furan rings is 1. The van der Waals surface area contributed by atoms with Gasteiger partial charge < -0.3 is 9.73 Å². The van der Waals surface area contributed by atoms with Gasteiger partial charge in [0.1, 0.15) is 22.4 Å². The van der Waals surface area contributed by atoms with E-state index in [0.717, 1.165) is 40.3 Å². The predicted molar refractivity (Wildman–Crippen MR) is 73.1 cm³/mol. The first-order valence-electron chi connectivity index (χ1n) is 6.06. The van der Waals surface area contributed by atoms with Crippen molar-refractivity contribution in [1.82, 2.24) is 9.97 Å². The van der Waals surface area contributed by atoms with Crippen LogP contribution in [0.2, 0.25) is 0 Å². The maximum atomic E-state index is 5.29. The lowest BCUT2D eigenvalue weighted by Crippen LogP contribution is -2.03. The van der Waals surface area contributed by atoms with Crippen LogP contribution in [0, 0.1) is 6.92 Å². The van der Waals surface area contributed by atoms with Gasteiger partial charge in [-0.3, -0.25) is 0 Å². The second kappa shape index (κ2) is 5.91. The molecule has 0 aliphatic rings. The van der Waals surface area contributed by atoms with E-state index in [-0.39, 0.29) is 0 Å². The van der Waals surface area contributed by atoms with Crippen LogP contribution in [0.3, 0.4) is 0 Å². The van der Waals surface area contributed by atoms with Crippen molar-refractivity contribution in [2.75, 3.05) is 11.9 Å². The highest BCUT2D eigenvalue weighted by Crippen LogP contribution is 2.30. The van der Waals surface area contributed by atoms with E-state index in [1.807, 2.05) is 19.1 Å². The molecular weight excluding hydrogens is 246 g/mol. The van der Waals surface area contributed by atoms with Crippen LogP contribution < -0.4 is 5.32 Å². The van der Waals surface area contributed by atoms with Gasteiger partial charge in [0.2, 0.25) is 0 Å². The van der Waals surface area contributed by atoms with Crippen LogP contribution in [0.5, 0.6) is 0 Å². The van der Waals surface area contributed by atoms with Gasteiger partial charge in [0, 0.05) is 19.0 Å². The molecular formula is C13H17N3OS. The molecule has 4 nitrogen and oxygen atoms in total. The smallest absolute Gasteiger partial charge is 0.131 e. The maximum Gasteiger partial charge on any atom is 0.131 e. The van der Waals surface area contributed by atoms with E-state index in [0.29, 0.717) is 0 Å². The Labute approximate surface area is 111 Å². The Bertz CT molecular complexity index is 525. The fraction of sp³-hybridized carbons (Fsp3) is 0.385. The zero-order chi connectivity index (χ0) is 13.0. The molecule has 2 aromatic heterocycles. The molecule has 0 amide bonds. The van der Waals surface area contributed by atoms with Crippen LogP contribution >= 0.6 is 11.8 Å². The van der Waals surface area contributed by atoms with E-state index in [2.05, 4.69) is 29.1 Å². The summed E-state index contributed by atoms with van der Waals surface area (Å²) in [6, 6.07) is 3.93. The molecule has 0 aliphatic carbocycles. The second-order valence-corrected chi connectivity index (χ2v) is 4.90. The van der Waals surface area contributed by atoms with Gasteiger partial charge in [0.05, 0.1) is 11.2 Å². The lowest BCUT2D eigenvalue weighted by molar-refractivity contribution is 0.527. The summed E-state index contributed by atoms with van der Waals surface area (Å²) in [5.41, 5.74) is 0. The van der Waals surface area contributed by atoms with E-state index >= 15 is 0 Å². The van der Waals surface area contributed by atoms with E-state index in [4.69, 9.17) is 4.42 Å². The first kappa shape index (κ1) is 13.0. The van der Waals surface area contributed by atoms with Crippen molar-refractivity contribution in [3.8, 4) is 0 Å². The predicted octanol–water partition coefficient (Wildman–Crippen LogP) is 3.52. The Balaban J connectivity index is 2.26. The van der Waals surface area contributed by atoms with Crippen LogP contribution in [0.1, 0.15) is 25.4 Å². The summed E-state index contributed by atoms with van der Waals surface area (Å²) in [7, 11) is 0. The largest absolute Gasteiger partial charge is 0.468 e. The maximum absolute atomic E-state index is 5.29. The van der Waals surface area contributed by atoms with Crippen molar-refractivity contribution in [2.24, 2.45) is 0 Å². The zero-order valence-corrected chi connectivity index (χ0v) is 11.7. The van der Waals surface area contributed by atoms with Gasteiger partial charge in [-0.25, -0.2) is 9.97 Å². The van der Waals surface area contributed by atoms with Crippen LogP contribution in [0.15, 0.2) is 32.7 Å². The summed E-state index contributed by atoms with van der Waals surface area (Å²) >= 11 is 1.61. The molecule has 0 saturated carbocycles. The third-order valence-corrected chi connectivity index (χ3v) is 3.51. The quantitative estimate of drug-likeness (QED) is 0.836. The van der Waals surface area contributed by atoms with Crippen LogP contribution in [0.4, 0.5) is 5.82 Å². The molecule has 2 heterocycles. The SMILES string of the molecule is CCNc1cc(Sc2ccoc2C)nc(CC)n1. The Morgan fingerprint density at radius 2 is 2.17 bits per heavy atom. The van der Waals surface area contributed by atoms with Crippen molar-refractivity contribution in [3.05, 3.63) is 30.0 Å². The molecule has 18 heavy (non-hydrogen) atoms. The molecule has 0 radical (unpaired) electrons. The molecule has 0 atom stereocenters. The minimum atomic E-state index is 0.831. The Hall–Kier alpha value is -1.49. The molecule has 1 N–H and O–H groups in total. The number of aryl methyl sites for hydroxylation is 2. The number of aromatic nitrogens is 2. The van der Waals surface area contributed by atoms with Gasteiger partial charge >= 0.3 is 0 Å². The molecule has 5 heteroatoms. The van der Waals surface area contributed by atoms with Crippen molar-refractivity contribution in [3.63, 3.8) is 0 Å². The number of hydrogen-bond donors (Lipinski definition) is 1. The van der Waals surface area contributed by atoms with Crippen LogP contribution in [-0.2, 0) is 6.42 Å². The molecule has 0 saturated heterocycles. The van der Waals surface area contributed by atoms with Crippen molar-refractivity contribution < 1.29 is 4.42 Å². The van der Waals surface area contributed by atoms with Gasteiger partial charge in [0.25, 0.3) is 0 Å². The summed E-state index contributed by atoms with van der Waals surface area (Å²) in [6.45, 7) is 6.92. The lowest BCUT2D eigenvalue weighted by Gasteiger charge is -2.07. The molecule has 0 fully saturated rings. The summed E-state index contributed by atoms with van der Waals surface area (Å²) in [5.74, 6) is 2.66. The van der Waals surface area contributed by atoms with Gasteiger partial charge in [0.15, 0.2) is 0 Å². The Morgan fingerprint density at radius 3 is 2.78 bits per heavy atom. The average molecular weight is 263 g/mol. The molecule has 0 aromatic carbocycles. The number of hydrogen-bond acceptors (Lipinski definition) is 5. The zero-order valence-electron chi connectivity index (χ0n) is 10.9. The second-order valence-electron chi connectivity index (χ2n) is 3.83. The number of rotatable bonds is 5. The fourth-order valence-electron chi connectivity index (χ4n) is 1.55. The first-order chi connectivity index (χ1) is 8.72. The van der Waals surface area contributed by atoms with Crippen molar-refractivity contribution >= 4 is 17.6 Å². The molecule has 2 aromatic rings. The van der Waals surface area contributed by atoms with E-state index in [1.165, 1.54) is 0 Å². The Kier molecular flexibility index (Phi) is 4.25. The highest BCUT2D eigenvalue weighted by molar-refractivity contribution is 7.99. The lowest BCUT2D eigenvalue weighted by atomic mass is 10.4. The number of nitrogens with one attached hydrogen (secondary N) is 1. The summed E-state index contributed by atoms with van der Waals surface area (Å²) < 4.78 is 5.29. The topological polar surface area (TPSA) is 51.0 Å². The van der Waals surface area contributed by atoms with E-state index in [1.54, 1.807) is 18.0 Å². The van der Waals surface area contributed by atoms with Gasteiger partial charge in [-0.05, 0) is 19.9 Å². The standard InChI is InChI=1S/C13H17N3OS/c1-4-11-15-12(14-5-2)8-13(16-11)18-10-6-7-17-9(10)3/h6-8H,4-5H2,1-3H3,(H,14,15,16). The third-order valence-electron chi connectivity index (χ3n) is 2.45. The van der Waals surface area contributed by atoms with E-state index in [9.17, 15) is 0 Å². The summed E-state index contributed by atoms with van der Waals surface area (Å²) in [4.78, 5) is 10.1. The fourth-order valence-corrected chi connectivity index (χ4v) is 2.41. The Morgan fingerprint density at radius 1 is 1.33 bits per heavy atom. The first-order valence-corrected chi connectivity index (χ1v) is 6.88. The number of anilines is 1. The highest BCUT2D eigenvalue weighted by Gasteiger charge is 2.08. The van der Waals surface area contributed by atoms with Gasteiger partial charge in [-0.15, -0.1) is 0 Å². The number of nitrogens with zero attached hydrogens (tertiary/aromatic N) is 2. The average Bonchev–Trinajstić information content (AvgIpc) is 2.75. The molecule has 0 spiro atoms. The minimum Gasteiger partial charge on any atom is -0.468 e. The monoisotopic (exact) mass is 263 g/mol. The summed E-state index contributed by atoms with van der Waals surface area (Å²) in [6.07, 6.45) is 2.53. The molecule has 0 aliphatic heterocycles. The minimum absolute atomic E-state index is 0.831. The van der Waals surface area contributed by atoms with Gasteiger partial charge in [-0.1, -0.05) is 18.7 Å². The molecule has 96 valence electrons. The van der Waals surface area contributed by atoms with Crippen molar-refractivity contribution in [2.45, 2.75) is 37.1 Å². The molecule has 2 rings (SSSR count). The third kappa shape index (κ3) is 3.04. The van der Waals surface area contributed by atoms with Crippen molar-refractivity contribution in [1.29, 1.82) is 0 Å². The highest BCUT2D eigenvalue weighted by atomic mass is 32.2. The van der Waals surface area contributed by atoms with E-state index < -0.39 is 0 Å². The van der Waals surface area contributed by atoms with Gasteiger partial charge in [-0.2, -0.15) is 0 Å². The molecule has 0 unspecified atom stereocenters.